The van der Waals surface area contributed by atoms with Crippen LogP contribution in [0.25, 0.3) is 10.3 Å². The lowest BCUT2D eigenvalue weighted by Crippen LogP contribution is -2.43. The standard InChI is InChI=1S/C18H24N6S/c1-13-16-17(23(3)21-13)20-18(25-16)24(12-14-4-8-19-9-5-14)15-6-10-22(2)11-7-15/h4-5,8-9,15H,6-7,10-12H2,1-3H3. The highest BCUT2D eigenvalue weighted by molar-refractivity contribution is 7.22. The van der Waals surface area contributed by atoms with Crippen molar-refractivity contribution in [2.45, 2.75) is 32.4 Å². The van der Waals surface area contributed by atoms with Crippen molar-refractivity contribution in [2.75, 3.05) is 25.0 Å². The number of hydrogen-bond donors (Lipinski definition) is 0. The minimum atomic E-state index is 0.526. The summed E-state index contributed by atoms with van der Waals surface area (Å²) in [6.07, 6.45) is 6.09. The number of aromatic nitrogens is 4. The Bertz CT molecular complexity index is 813. The molecule has 1 fully saturated rings. The lowest BCUT2D eigenvalue weighted by Gasteiger charge is -2.37. The van der Waals surface area contributed by atoms with Gasteiger partial charge in [0.15, 0.2) is 10.8 Å². The lowest BCUT2D eigenvalue weighted by atomic mass is 10.0. The number of hydrogen-bond acceptors (Lipinski definition) is 6. The first-order valence-corrected chi connectivity index (χ1v) is 9.57. The summed E-state index contributed by atoms with van der Waals surface area (Å²) in [5, 5.41) is 5.60. The van der Waals surface area contributed by atoms with Crippen molar-refractivity contribution in [3.8, 4) is 0 Å². The average molecular weight is 356 g/mol. The fraction of sp³-hybridized carbons (Fsp3) is 0.500. The Morgan fingerprint density at radius 3 is 2.60 bits per heavy atom. The lowest BCUT2D eigenvalue weighted by molar-refractivity contribution is 0.249. The Morgan fingerprint density at radius 1 is 1.20 bits per heavy atom. The van der Waals surface area contributed by atoms with Gasteiger partial charge in [0, 0.05) is 32.0 Å². The van der Waals surface area contributed by atoms with Crippen molar-refractivity contribution in [1.82, 2.24) is 24.6 Å². The van der Waals surface area contributed by atoms with Crippen LogP contribution in [-0.4, -0.2) is 50.8 Å². The van der Waals surface area contributed by atoms with Crippen LogP contribution in [0.15, 0.2) is 24.5 Å². The molecule has 0 aromatic carbocycles. The van der Waals surface area contributed by atoms with Gasteiger partial charge in [0.1, 0.15) is 0 Å². The number of aryl methyl sites for hydroxylation is 2. The maximum Gasteiger partial charge on any atom is 0.188 e. The van der Waals surface area contributed by atoms with E-state index in [4.69, 9.17) is 4.98 Å². The summed E-state index contributed by atoms with van der Waals surface area (Å²) in [6.45, 7) is 5.22. The minimum Gasteiger partial charge on any atom is -0.341 e. The SMILES string of the molecule is Cc1nn(C)c2nc(N(Cc3ccncc3)C3CCN(C)CC3)sc12. The first-order chi connectivity index (χ1) is 12.1. The third-order valence-electron chi connectivity index (χ3n) is 5.01. The highest BCUT2D eigenvalue weighted by atomic mass is 32.1. The zero-order valence-corrected chi connectivity index (χ0v) is 15.8. The molecule has 25 heavy (non-hydrogen) atoms. The first kappa shape index (κ1) is 16.5. The van der Waals surface area contributed by atoms with E-state index in [0.29, 0.717) is 6.04 Å². The number of fused-ring (bicyclic) bond motifs is 1. The van der Waals surface area contributed by atoms with Crippen LogP contribution in [0.2, 0.25) is 0 Å². The van der Waals surface area contributed by atoms with E-state index in [-0.39, 0.29) is 0 Å². The summed E-state index contributed by atoms with van der Waals surface area (Å²) < 4.78 is 3.09. The molecule has 4 heterocycles. The molecule has 3 aromatic rings. The third kappa shape index (κ3) is 3.26. The third-order valence-corrected chi connectivity index (χ3v) is 6.20. The van der Waals surface area contributed by atoms with Crippen molar-refractivity contribution in [2.24, 2.45) is 7.05 Å². The van der Waals surface area contributed by atoms with E-state index >= 15 is 0 Å². The Hall–Kier alpha value is -1.99. The van der Waals surface area contributed by atoms with Crippen LogP contribution < -0.4 is 4.90 Å². The van der Waals surface area contributed by atoms with Crippen LogP contribution in [0.5, 0.6) is 0 Å². The van der Waals surface area contributed by atoms with Gasteiger partial charge in [-0.2, -0.15) is 5.10 Å². The topological polar surface area (TPSA) is 50.1 Å². The van der Waals surface area contributed by atoms with E-state index in [1.807, 2.05) is 24.1 Å². The molecule has 0 bridgehead atoms. The van der Waals surface area contributed by atoms with E-state index in [0.717, 1.165) is 36.1 Å². The second kappa shape index (κ2) is 6.72. The van der Waals surface area contributed by atoms with Crippen LogP contribution in [0.4, 0.5) is 5.13 Å². The van der Waals surface area contributed by atoms with Crippen molar-refractivity contribution >= 4 is 26.8 Å². The molecule has 132 valence electrons. The molecule has 3 aromatic heterocycles. The van der Waals surface area contributed by atoms with E-state index in [2.05, 4.69) is 46.0 Å². The molecule has 0 unspecified atom stereocenters. The van der Waals surface area contributed by atoms with Gasteiger partial charge in [-0.25, -0.2) is 9.67 Å². The van der Waals surface area contributed by atoms with Crippen LogP contribution in [0.1, 0.15) is 24.1 Å². The molecule has 6 nitrogen and oxygen atoms in total. The molecule has 0 aliphatic carbocycles. The zero-order chi connectivity index (χ0) is 17.4. The molecule has 4 rings (SSSR count). The number of thiazole rings is 1. The van der Waals surface area contributed by atoms with Gasteiger partial charge in [-0.3, -0.25) is 4.98 Å². The second-order valence-corrected chi connectivity index (χ2v) is 7.85. The molecular formula is C18H24N6S. The van der Waals surface area contributed by atoms with Gasteiger partial charge in [0.25, 0.3) is 0 Å². The van der Waals surface area contributed by atoms with Crippen molar-refractivity contribution in [3.05, 3.63) is 35.8 Å². The van der Waals surface area contributed by atoms with Crippen LogP contribution in [0.3, 0.4) is 0 Å². The summed E-state index contributed by atoms with van der Waals surface area (Å²) >= 11 is 1.77. The molecule has 0 amide bonds. The first-order valence-electron chi connectivity index (χ1n) is 8.76. The molecule has 7 heteroatoms. The van der Waals surface area contributed by atoms with E-state index < -0.39 is 0 Å². The van der Waals surface area contributed by atoms with Gasteiger partial charge in [-0.15, -0.1) is 0 Å². The maximum absolute atomic E-state index is 4.94. The van der Waals surface area contributed by atoms with Crippen LogP contribution >= 0.6 is 11.3 Å². The fourth-order valence-corrected chi connectivity index (χ4v) is 4.64. The van der Waals surface area contributed by atoms with Crippen LogP contribution in [-0.2, 0) is 13.6 Å². The van der Waals surface area contributed by atoms with Gasteiger partial charge in [0.05, 0.1) is 10.4 Å². The molecule has 0 radical (unpaired) electrons. The molecule has 1 saturated heterocycles. The van der Waals surface area contributed by atoms with E-state index in [1.165, 1.54) is 23.1 Å². The molecule has 0 spiro atoms. The van der Waals surface area contributed by atoms with Gasteiger partial charge < -0.3 is 9.80 Å². The highest BCUT2D eigenvalue weighted by Gasteiger charge is 2.26. The predicted octanol–water partition coefficient (Wildman–Crippen LogP) is 2.83. The molecular weight excluding hydrogens is 332 g/mol. The monoisotopic (exact) mass is 356 g/mol. The normalized spacial score (nSPS) is 16.6. The summed E-state index contributed by atoms with van der Waals surface area (Å²) in [5.41, 5.74) is 3.33. The Balaban J connectivity index is 1.69. The minimum absolute atomic E-state index is 0.526. The summed E-state index contributed by atoms with van der Waals surface area (Å²) in [6, 6.07) is 4.72. The zero-order valence-electron chi connectivity index (χ0n) is 15.0. The fourth-order valence-electron chi connectivity index (χ4n) is 3.54. The van der Waals surface area contributed by atoms with Gasteiger partial charge in [-0.1, -0.05) is 11.3 Å². The largest absolute Gasteiger partial charge is 0.341 e. The number of likely N-dealkylation sites (tertiary alicyclic amines) is 1. The summed E-state index contributed by atoms with van der Waals surface area (Å²) in [7, 11) is 4.18. The number of pyridine rings is 1. The highest BCUT2D eigenvalue weighted by Crippen LogP contribution is 2.34. The summed E-state index contributed by atoms with van der Waals surface area (Å²) in [5.74, 6) is 0. The van der Waals surface area contributed by atoms with Gasteiger partial charge in [-0.05, 0) is 57.6 Å². The number of rotatable bonds is 4. The molecule has 0 N–H and O–H groups in total. The molecule has 0 saturated carbocycles. The molecule has 1 aliphatic heterocycles. The van der Waals surface area contributed by atoms with Gasteiger partial charge >= 0.3 is 0 Å². The Morgan fingerprint density at radius 2 is 1.92 bits per heavy atom. The average Bonchev–Trinajstić information content (AvgIpc) is 3.16. The smallest absolute Gasteiger partial charge is 0.188 e. The molecule has 0 atom stereocenters. The van der Waals surface area contributed by atoms with Crippen molar-refractivity contribution in [1.29, 1.82) is 0 Å². The van der Waals surface area contributed by atoms with Crippen molar-refractivity contribution < 1.29 is 0 Å². The predicted molar refractivity (Wildman–Crippen MR) is 102 cm³/mol. The van der Waals surface area contributed by atoms with E-state index in [1.54, 1.807) is 11.3 Å². The van der Waals surface area contributed by atoms with Crippen LogP contribution in [0, 0.1) is 6.92 Å². The number of nitrogens with zero attached hydrogens (tertiary/aromatic N) is 6. The van der Waals surface area contributed by atoms with Crippen molar-refractivity contribution in [3.63, 3.8) is 0 Å². The number of piperidine rings is 1. The van der Waals surface area contributed by atoms with Gasteiger partial charge in [0.2, 0.25) is 0 Å². The molecule has 1 aliphatic rings. The number of anilines is 1. The second-order valence-electron chi connectivity index (χ2n) is 6.88. The quantitative estimate of drug-likeness (QED) is 0.719. The van der Waals surface area contributed by atoms with E-state index in [9.17, 15) is 0 Å². The Labute approximate surface area is 152 Å². The Kier molecular flexibility index (Phi) is 4.43. The maximum atomic E-state index is 4.94. The summed E-state index contributed by atoms with van der Waals surface area (Å²) in [4.78, 5) is 14.0.